The van der Waals surface area contributed by atoms with Crippen molar-refractivity contribution in [2.75, 3.05) is 32.7 Å². The van der Waals surface area contributed by atoms with Gasteiger partial charge in [-0.2, -0.15) is 0 Å². The second-order valence-electron chi connectivity index (χ2n) is 9.09. The third-order valence-electron chi connectivity index (χ3n) is 6.77. The number of likely N-dealkylation sites (tertiary alicyclic amines) is 1. The molecule has 1 aromatic rings. The van der Waals surface area contributed by atoms with E-state index in [1.807, 2.05) is 35.8 Å². The first kappa shape index (κ1) is 27.4. The second kappa shape index (κ2) is 13.1. The quantitative estimate of drug-likeness (QED) is 0.532. The molecule has 184 valence electrons. The predicted octanol–water partition coefficient (Wildman–Crippen LogP) is 5.90. The largest absolute Gasteiger partial charge is 0.343 e. The fourth-order valence-corrected chi connectivity index (χ4v) is 5.01. The van der Waals surface area contributed by atoms with Crippen LogP contribution in [0.2, 0.25) is 5.02 Å². The van der Waals surface area contributed by atoms with Crippen molar-refractivity contribution in [3.63, 3.8) is 0 Å². The molecule has 1 atom stereocenters. The Balaban J connectivity index is 0.00000187. The standard InChI is InChI=1S/C25H36ClN3O2.C2H6/c1-5-23(21-6-8-22(26)9-7-21)28-14-15-29(24(17-28)18(2)3)25(31)16-20-10-12-27(13-11-20)19(4)30;1-2/h6-9,20,23H,5,10-17H2,1-4H3;1-2H3. The molecular formula is C27H42ClN3O2. The zero-order valence-electron chi connectivity index (χ0n) is 21.4. The highest BCUT2D eigenvalue weighted by Gasteiger charge is 2.32. The summed E-state index contributed by atoms with van der Waals surface area (Å²) in [4.78, 5) is 31.2. The van der Waals surface area contributed by atoms with Gasteiger partial charge >= 0.3 is 0 Å². The molecule has 6 heteroatoms. The smallest absolute Gasteiger partial charge is 0.227 e. The Hall–Kier alpha value is -1.85. The van der Waals surface area contributed by atoms with Gasteiger partial charge in [0.25, 0.3) is 0 Å². The third kappa shape index (κ3) is 7.31. The van der Waals surface area contributed by atoms with E-state index >= 15 is 0 Å². The van der Waals surface area contributed by atoms with E-state index in [2.05, 4.69) is 37.8 Å². The number of benzene rings is 1. The lowest BCUT2D eigenvalue weighted by molar-refractivity contribution is -0.133. The summed E-state index contributed by atoms with van der Waals surface area (Å²) in [6.45, 7) is 16.0. The molecule has 0 bridgehead atoms. The van der Waals surface area contributed by atoms with Crippen LogP contribution in [0.25, 0.3) is 0 Å². The van der Waals surface area contributed by atoms with Crippen LogP contribution in [0.5, 0.6) is 0 Å². The number of piperazine rings is 1. The number of nitrogens with zero attached hydrogens (tertiary/aromatic N) is 3. The molecule has 5 nitrogen and oxygen atoms in total. The molecule has 0 spiro atoms. The van der Waals surface area contributed by atoms with E-state index in [1.165, 1.54) is 11.1 Å². The highest BCUT2D eigenvalue weighted by Crippen LogP contribution is 2.31. The highest BCUT2D eigenvalue weighted by atomic mass is 35.5. The zero-order chi connectivity index (χ0) is 24.5. The first-order valence-electron chi connectivity index (χ1n) is 12.5. The molecule has 0 aromatic heterocycles. The lowest BCUT2D eigenvalue weighted by Crippen LogP contribution is -2.49. The summed E-state index contributed by atoms with van der Waals surface area (Å²) in [7, 11) is 0. The van der Waals surface area contributed by atoms with Crippen LogP contribution in [0.1, 0.15) is 78.8 Å². The SMILES string of the molecule is CC.CCC(c1ccc(Cl)cc1)N1CCN(C(=O)CC2CCN(C(C)=O)CC2)C(=C(C)C)C1. The zero-order valence-corrected chi connectivity index (χ0v) is 22.1. The summed E-state index contributed by atoms with van der Waals surface area (Å²) in [6, 6.07) is 8.46. The van der Waals surface area contributed by atoms with E-state index in [0.717, 1.165) is 62.7 Å². The van der Waals surface area contributed by atoms with Gasteiger partial charge in [-0.05, 0) is 56.7 Å². The summed E-state index contributed by atoms with van der Waals surface area (Å²) in [6.07, 6.45) is 3.44. The van der Waals surface area contributed by atoms with Crippen molar-refractivity contribution in [1.29, 1.82) is 0 Å². The van der Waals surface area contributed by atoms with E-state index in [-0.39, 0.29) is 11.8 Å². The van der Waals surface area contributed by atoms with Crippen LogP contribution in [0.15, 0.2) is 35.5 Å². The number of hydrogen-bond donors (Lipinski definition) is 0. The molecule has 1 unspecified atom stereocenters. The Morgan fingerprint density at radius 2 is 1.61 bits per heavy atom. The molecule has 0 N–H and O–H groups in total. The molecule has 0 saturated carbocycles. The maximum absolute atomic E-state index is 13.2. The molecule has 3 rings (SSSR count). The fraction of sp³-hybridized carbons (Fsp3) is 0.630. The number of piperidine rings is 1. The molecule has 1 aromatic carbocycles. The lowest BCUT2D eigenvalue weighted by atomic mass is 9.92. The molecule has 2 saturated heterocycles. The van der Waals surface area contributed by atoms with E-state index in [0.29, 0.717) is 18.4 Å². The van der Waals surface area contributed by atoms with Gasteiger partial charge in [0.1, 0.15) is 0 Å². The molecule has 2 fully saturated rings. The number of rotatable bonds is 5. The van der Waals surface area contributed by atoms with Crippen molar-refractivity contribution in [3.05, 3.63) is 46.1 Å². The topological polar surface area (TPSA) is 43.9 Å². The van der Waals surface area contributed by atoms with Crippen LogP contribution in [0, 0.1) is 5.92 Å². The molecule has 0 radical (unpaired) electrons. The van der Waals surface area contributed by atoms with Crippen LogP contribution in [-0.2, 0) is 9.59 Å². The molecule has 33 heavy (non-hydrogen) atoms. The predicted molar refractivity (Wildman–Crippen MR) is 137 cm³/mol. The summed E-state index contributed by atoms with van der Waals surface area (Å²) in [5.74, 6) is 0.743. The first-order valence-corrected chi connectivity index (χ1v) is 12.9. The van der Waals surface area contributed by atoms with Crippen molar-refractivity contribution in [2.45, 2.75) is 73.3 Å². The number of allylic oxidation sites excluding steroid dienone is 1. The molecule has 2 amide bonds. The van der Waals surface area contributed by atoms with Gasteiger partial charge in [0, 0.05) is 62.8 Å². The lowest BCUT2D eigenvalue weighted by Gasteiger charge is -2.42. The summed E-state index contributed by atoms with van der Waals surface area (Å²) in [5, 5.41) is 0.758. The van der Waals surface area contributed by atoms with Crippen molar-refractivity contribution in [3.8, 4) is 0 Å². The number of hydrogen-bond acceptors (Lipinski definition) is 3. The Bertz CT molecular complexity index is 809. The Kier molecular flexibility index (Phi) is 10.9. The van der Waals surface area contributed by atoms with E-state index in [4.69, 9.17) is 11.6 Å². The highest BCUT2D eigenvalue weighted by molar-refractivity contribution is 6.30. The van der Waals surface area contributed by atoms with Gasteiger partial charge in [0.05, 0.1) is 0 Å². The summed E-state index contributed by atoms with van der Waals surface area (Å²) in [5.41, 5.74) is 3.62. The molecule has 2 aliphatic rings. The molecule has 0 aliphatic carbocycles. The minimum absolute atomic E-state index is 0.138. The molecule has 2 heterocycles. The van der Waals surface area contributed by atoms with E-state index in [1.54, 1.807) is 6.92 Å². The fourth-order valence-electron chi connectivity index (χ4n) is 4.89. The molecular weight excluding hydrogens is 434 g/mol. The third-order valence-corrected chi connectivity index (χ3v) is 7.03. The van der Waals surface area contributed by atoms with Crippen molar-refractivity contribution in [1.82, 2.24) is 14.7 Å². The van der Waals surface area contributed by atoms with Gasteiger partial charge < -0.3 is 9.80 Å². The van der Waals surface area contributed by atoms with Crippen LogP contribution in [0.3, 0.4) is 0 Å². The second-order valence-corrected chi connectivity index (χ2v) is 9.53. The Labute approximate surface area is 205 Å². The Morgan fingerprint density at radius 3 is 2.12 bits per heavy atom. The minimum atomic E-state index is 0.138. The van der Waals surface area contributed by atoms with Gasteiger partial charge in [-0.3, -0.25) is 14.5 Å². The van der Waals surface area contributed by atoms with Gasteiger partial charge in [-0.1, -0.05) is 50.1 Å². The summed E-state index contributed by atoms with van der Waals surface area (Å²) >= 11 is 6.08. The van der Waals surface area contributed by atoms with Gasteiger partial charge in [-0.25, -0.2) is 0 Å². The van der Waals surface area contributed by atoms with Crippen LogP contribution in [-0.4, -0.2) is 59.2 Å². The van der Waals surface area contributed by atoms with Crippen LogP contribution >= 0.6 is 11.6 Å². The molecule has 2 aliphatic heterocycles. The normalized spacial score (nSPS) is 18.5. The average Bonchev–Trinajstić information content (AvgIpc) is 2.82. The number of amides is 2. The maximum atomic E-state index is 13.2. The average molecular weight is 476 g/mol. The van der Waals surface area contributed by atoms with Crippen molar-refractivity contribution >= 4 is 23.4 Å². The van der Waals surface area contributed by atoms with Crippen LogP contribution in [0.4, 0.5) is 0 Å². The van der Waals surface area contributed by atoms with E-state index in [9.17, 15) is 9.59 Å². The van der Waals surface area contributed by atoms with E-state index < -0.39 is 0 Å². The number of carbonyl (C=O) groups is 2. The number of carbonyl (C=O) groups excluding carboxylic acids is 2. The van der Waals surface area contributed by atoms with Gasteiger partial charge in [0.15, 0.2) is 0 Å². The van der Waals surface area contributed by atoms with Gasteiger partial charge in [0.2, 0.25) is 11.8 Å². The Morgan fingerprint density at radius 1 is 1.00 bits per heavy atom. The van der Waals surface area contributed by atoms with Crippen LogP contribution < -0.4 is 0 Å². The van der Waals surface area contributed by atoms with Gasteiger partial charge in [-0.15, -0.1) is 0 Å². The number of halogens is 1. The first-order chi connectivity index (χ1) is 15.8. The van der Waals surface area contributed by atoms with Crippen molar-refractivity contribution in [2.24, 2.45) is 5.92 Å². The minimum Gasteiger partial charge on any atom is -0.343 e. The maximum Gasteiger partial charge on any atom is 0.227 e. The monoisotopic (exact) mass is 475 g/mol. The van der Waals surface area contributed by atoms with Crippen molar-refractivity contribution < 1.29 is 9.59 Å². The summed E-state index contributed by atoms with van der Waals surface area (Å²) < 4.78 is 0.